The molecule has 2 N–H and O–H groups in total. The van der Waals surface area contributed by atoms with Crippen molar-refractivity contribution in [3.05, 3.63) is 24.7 Å². The van der Waals surface area contributed by atoms with Crippen molar-refractivity contribution in [1.82, 2.24) is 4.90 Å². The van der Waals surface area contributed by atoms with E-state index in [1.54, 1.807) is 24.9 Å². The van der Waals surface area contributed by atoms with Crippen LogP contribution in [-0.2, 0) is 9.47 Å². The van der Waals surface area contributed by atoms with Crippen LogP contribution in [0.4, 0.5) is 0 Å². The average Bonchev–Trinajstić information content (AvgIpc) is 2.67. The number of methoxy groups -OCH3 is 1. The molecule has 0 saturated carbocycles. The summed E-state index contributed by atoms with van der Waals surface area (Å²) in [6.45, 7) is 4.44. The SMILES string of the molecule is C=C1N=C(N)C=CN1[C@H]1CS[C@@H](COC)O1. The van der Waals surface area contributed by atoms with Gasteiger partial charge in [-0.15, -0.1) is 11.8 Å². The first kappa shape index (κ1) is 11.5. The van der Waals surface area contributed by atoms with Gasteiger partial charge in [0.25, 0.3) is 0 Å². The van der Waals surface area contributed by atoms with E-state index in [0.29, 0.717) is 18.3 Å². The largest absolute Gasteiger partial charge is 0.384 e. The van der Waals surface area contributed by atoms with Crippen LogP contribution in [0.5, 0.6) is 0 Å². The Labute approximate surface area is 99.0 Å². The van der Waals surface area contributed by atoms with Gasteiger partial charge in [0.05, 0.1) is 6.61 Å². The number of thioether (sulfide) groups is 1. The highest BCUT2D eigenvalue weighted by Crippen LogP contribution is 2.30. The number of rotatable bonds is 3. The maximum atomic E-state index is 5.79. The van der Waals surface area contributed by atoms with Crippen LogP contribution in [0.25, 0.3) is 0 Å². The van der Waals surface area contributed by atoms with Gasteiger partial charge in [-0.05, 0) is 6.08 Å². The molecule has 1 saturated heterocycles. The van der Waals surface area contributed by atoms with Gasteiger partial charge >= 0.3 is 0 Å². The molecule has 0 aromatic heterocycles. The standard InChI is InChI=1S/C10H15N3O2S/c1-7-12-8(11)3-4-13(7)9-6-16-10(15-9)5-14-2/h3-4,9-10H,1,5-6H2,2H3,(H2,11,12)/t9-,10+/m1/s1. The molecule has 2 rings (SSSR count). The third-order valence-electron chi connectivity index (χ3n) is 2.31. The molecule has 88 valence electrons. The molecule has 2 aliphatic heterocycles. The van der Waals surface area contributed by atoms with Crippen molar-refractivity contribution in [2.45, 2.75) is 11.7 Å². The minimum atomic E-state index is -0.0363. The molecular weight excluding hydrogens is 226 g/mol. The highest BCUT2D eigenvalue weighted by Gasteiger charge is 2.31. The third-order valence-corrected chi connectivity index (χ3v) is 3.41. The Morgan fingerprint density at radius 1 is 1.81 bits per heavy atom. The molecule has 0 aromatic carbocycles. The van der Waals surface area contributed by atoms with E-state index < -0.39 is 0 Å². The first-order valence-electron chi connectivity index (χ1n) is 4.96. The minimum absolute atomic E-state index is 0.0363. The average molecular weight is 241 g/mol. The van der Waals surface area contributed by atoms with Gasteiger partial charge < -0.3 is 20.1 Å². The Bertz CT molecular complexity index is 343. The van der Waals surface area contributed by atoms with Crippen molar-refractivity contribution in [3.8, 4) is 0 Å². The summed E-state index contributed by atoms with van der Waals surface area (Å²) >= 11 is 1.73. The zero-order chi connectivity index (χ0) is 11.5. The van der Waals surface area contributed by atoms with E-state index >= 15 is 0 Å². The van der Waals surface area contributed by atoms with Gasteiger partial charge in [0.2, 0.25) is 0 Å². The lowest BCUT2D eigenvalue weighted by molar-refractivity contribution is -0.0310. The Morgan fingerprint density at radius 2 is 2.62 bits per heavy atom. The molecule has 0 bridgehead atoms. The van der Waals surface area contributed by atoms with Crippen molar-refractivity contribution >= 4 is 17.6 Å². The summed E-state index contributed by atoms with van der Waals surface area (Å²) in [6.07, 6.45) is 3.56. The molecule has 1 fully saturated rings. The Morgan fingerprint density at radius 3 is 3.31 bits per heavy atom. The van der Waals surface area contributed by atoms with E-state index in [-0.39, 0.29) is 11.7 Å². The second-order valence-electron chi connectivity index (χ2n) is 3.48. The molecule has 0 aromatic rings. The highest BCUT2D eigenvalue weighted by atomic mass is 32.2. The number of hydrogen-bond acceptors (Lipinski definition) is 6. The number of nitrogens with zero attached hydrogens (tertiary/aromatic N) is 2. The fourth-order valence-corrected chi connectivity index (χ4v) is 2.62. The van der Waals surface area contributed by atoms with Crippen LogP contribution in [0.1, 0.15) is 0 Å². The van der Waals surface area contributed by atoms with E-state index in [1.165, 1.54) is 0 Å². The summed E-state index contributed by atoms with van der Waals surface area (Å²) < 4.78 is 10.8. The summed E-state index contributed by atoms with van der Waals surface area (Å²) in [7, 11) is 1.67. The highest BCUT2D eigenvalue weighted by molar-refractivity contribution is 8.00. The lowest BCUT2D eigenvalue weighted by atomic mass is 10.4. The summed E-state index contributed by atoms with van der Waals surface area (Å²) in [4.78, 5) is 5.99. The van der Waals surface area contributed by atoms with Crippen molar-refractivity contribution in [3.63, 3.8) is 0 Å². The first-order valence-corrected chi connectivity index (χ1v) is 6.01. The summed E-state index contributed by atoms with van der Waals surface area (Å²) in [5.74, 6) is 1.95. The second kappa shape index (κ2) is 4.90. The fraction of sp³-hybridized carbons (Fsp3) is 0.500. The zero-order valence-corrected chi connectivity index (χ0v) is 9.94. The quantitative estimate of drug-likeness (QED) is 0.788. The molecule has 0 unspecified atom stereocenters. The van der Waals surface area contributed by atoms with Gasteiger partial charge in [-0.25, -0.2) is 4.99 Å². The maximum absolute atomic E-state index is 5.79. The van der Waals surface area contributed by atoms with Crippen LogP contribution in [-0.4, -0.2) is 41.9 Å². The Balaban J connectivity index is 1.95. The van der Waals surface area contributed by atoms with E-state index in [4.69, 9.17) is 15.2 Å². The van der Waals surface area contributed by atoms with Crippen LogP contribution in [0.2, 0.25) is 0 Å². The first-order chi connectivity index (χ1) is 7.70. The number of nitrogens with two attached hydrogens (primary N) is 1. The molecule has 2 heterocycles. The van der Waals surface area contributed by atoms with Crippen LogP contribution in [0, 0.1) is 0 Å². The molecule has 0 amide bonds. The summed E-state index contributed by atoms with van der Waals surface area (Å²) in [6, 6.07) is 0. The number of ether oxygens (including phenoxy) is 2. The van der Waals surface area contributed by atoms with Crippen LogP contribution in [0.3, 0.4) is 0 Å². The van der Waals surface area contributed by atoms with Gasteiger partial charge in [0.1, 0.15) is 23.3 Å². The van der Waals surface area contributed by atoms with E-state index in [1.807, 2.05) is 11.1 Å². The van der Waals surface area contributed by atoms with E-state index in [2.05, 4.69) is 11.6 Å². The Kier molecular flexibility index (Phi) is 3.52. The monoisotopic (exact) mass is 241 g/mol. The van der Waals surface area contributed by atoms with Crippen molar-refractivity contribution in [1.29, 1.82) is 0 Å². The second-order valence-corrected chi connectivity index (χ2v) is 4.68. The molecule has 0 aliphatic carbocycles. The van der Waals surface area contributed by atoms with Gasteiger partial charge in [0.15, 0.2) is 0 Å². The van der Waals surface area contributed by atoms with Crippen molar-refractivity contribution in [2.24, 2.45) is 10.7 Å². The van der Waals surface area contributed by atoms with Gasteiger partial charge in [-0.2, -0.15) is 0 Å². The molecule has 16 heavy (non-hydrogen) atoms. The predicted molar refractivity (Wildman–Crippen MR) is 64.7 cm³/mol. The molecule has 2 aliphatic rings. The smallest absolute Gasteiger partial charge is 0.145 e. The van der Waals surface area contributed by atoms with Gasteiger partial charge in [-0.1, -0.05) is 6.58 Å². The molecule has 2 atom stereocenters. The topological polar surface area (TPSA) is 60.1 Å². The molecule has 6 heteroatoms. The maximum Gasteiger partial charge on any atom is 0.145 e. The summed E-state index contributed by atoms with van der Waals surface area (Å²) in [5, 5.41) is 0. The number of amidine groups is 1. The van der Waals surface area contributed by atoms with Crippen LogP contribution < -0.4 is 5.73 Å². The molecule has 0 spiro atoms. The zero-order valence-electron chi connectivity index (χ0n) is 9.13. The Hall–Kier alpha value is -0.980. The molecule has 0 radical (unpaired) electrons. The molecular formula is C10H15N3O2S. The fourth-order valence-electron chi connectivity index (χ4n) is 1.56. The lowest BCUT2D eigenvalue weighted by Crippen LogP contribution is -2.34. The van der Waals surface area contributed by atoms with Crippen LogP contribution >= 0.6 is 11.8 Å². The number of aliphatic imine (C=N–C) groups is 1. The van der Waals surface area contributed by atoms with Crippen LogP contribution in [0.15, 0.2) is 29.7 Å². The lowest BCUT2D eigenvalue weighted by Gasteiger charge is -2.28. The van der Waals surface area contributed by atoms with E-state index in [9.17, 15) is 0 Å². The number of hydrogen-bond donors (Lipinski definition) is 1. The van der Waals surface area contributed by atoms with E-state index in [0.717, 1.165) is 5.75 Å². The molecule has 5 nitrogen and oxygen atoms in total. The third kappa shape index (κ3) is 2.40. The predicted octanol–water partition coefficient (Wildman–Crippen LogP) is 0.706. The van der Waals surface area contributed by atoms with Gasteiger partial charge in [-0.3, -0.25) is 0 Å². The normalized spacial score (nSPS) is 29.7. The van der Waals surface area contributed by atoms with Crippen molar-refractivity contribution < 1.29 is 9.47 Å². The van der Waals surface area contributed by atoms with Gasteiger partial charge in [0, 0.05) is 19.1 Å². The summed E-state index contributed by atoms with van der Waals surface area (Å²) in [5.41, 5.74) is 5.65. The van der Waals surface area contributed by atoms with Crippen molar-refractivity contribution in [2.75, 3.05) is 19.5 Å². The minimum Gasteiger partial charge on any atom is -0.384 e.